The van der Waals surface area contributed by atoms with E-state index >= 15 is 0 Å². The number of aromatic nitrogens is 1. The molecular weight excluding hydrogens is 242 g/mol. The van der Waals surface area contributed by atoms with E-state index < -0.39 is 0 Å². The minimum absolute atomic E-state index is 0.586. The maximum absolute atomic E-state index is 5.62. The lowest BCUT2D eigenvalue weighted by Crippen LogP contribution is -1.75. The first-order valence-electron chi connectivity index (χ1n) is 5.94. The molecule has 2 aromatic carbocycles. The molecule has 0 saturated heterocycles. The Bertz CT molecular complexity index is 759. The van der Waals surface area contributed by atoms with E-state index in [-0.39, 0.29) is 0 Å². The highest BCUT2D eigenvalue weighted by Gasteiger charge is 2.03. The molecule has 0 saturated carbocycles. The van der Waals surface area contributed by atoms with E-state index in [2.05, 4.69) is 47.2 Å². The van der Waals surface area contributed by atoms with Gasteiger partial charge in [-0.2, -0.15) is 0 Å². The number of nitrogens with one attached hydrogen (secondary N) is 1. The molecule has 0 unspecified atom stereocenters. The zero-order valence-corrected chi connectivity index (χ0v) is 10.6. The van der Waals surface area contributed by atoms with Crippen LogP contribution in [0.25, 0.3) is 21.8 Å². The molecule has 0 fully saturated rings. The Labute approximate surface area is 111 Å². The van der Waals surface area contributed by atoms with Gasteiger partial charge in [-0.25, -0.2) is 0 Å². The normalized spacial score (nSPS) is 10.5. The molecule has 0 spiro atoms. The molecule has 3 aromatic rings. The zero-order chi connectivity index (χ0) is 12.4. The molecule has 0 atom stereocenters. The van der Waals surface area contributed by atoms with Crippen molar-refractivity contribution in [2.24, 2.45) is 0 Å². The van der Waals surface area contributed by atoms with Gasteiger partial charge < -0.3 is 4.98 Å². The molecule has 88 valence electrons. The van der Waals surface area contributed by atoms with Crippen LogP contribution >= 0.6 is 11.6 Å². The van der Waals surface area contributed by atoms with Crippen molar-refractivity contribution in [1.29, 1.82) is 0 Å². The fraction of sp³-hybridized carbons (Fsp3) is 0.125. The third kappa shape index (κ3) is 1.96. The monoisotopic (exact) mass is 253 g/mol. The molecular formula is C16H12ClN. The van der Waals surface area contributed by atoms with Crippen molar-refractivity contribution in [3.63, 3.8) is 0 Å². The summed E-state index contributed by atoms with van der Waals surface area (Å²) in [5.41, 5.74) is 3.36. The average molecular weight is 254 g/mol. The summed E-state index contributed by atoms with van der Waals surface area (Å²) in [7, 11) is 0. The van der Waals surface area contributed by atoms with Crippen LogP contribution in [0.5, 0.6) is 0 Å². The number of hydrogen-bond donors (Lipinski definition) is 1. The quantitative estimate of drug-likeness (QED) is 0.492. The number of fused-ring (bicyclic) bond motifs is 3. The van der Waals surface area contributed by atoms with Gasteiger partial charge in [-0.1, -0.05) is 30.0 Å². The lowest BCUT2D eigenvalue weighted by molar-refractivity contribution is 1.29. The Morgan fingerprint density at radius 1 is 1.00 bits per heavy atom. The van der Waals surface area contributed by atoms with Gasteiger partial charge in [0, 0.05) is 39.7 Å². The van der Waals surface area contributed by atoms with Gasteiger partial charge >= 0.3 is 0 Å². The molecule has 1 N–H and O–H groups in total. The van der Waals surface area contributed by atoms with Gasteiger partial charge in [0.1, 0.15) is 0 Å². The van der Waals surface area contributed by atoms with Crippen LogP contribution in [-0.4, -0.2) is 10.9 Å². The number of rotatable bonds is 1. The number of aromatic amines is 1. The zero-order valence-electron chi connectivity index (χ0n) is 9.83. The van der Waals surface area contributed by atoms with Crippen LogP contribution in [0.3, 0.4) is 0 Å². The Morgan fingerprint density at radius 2 is 1.83 bits per heavy atom. The Kier molecular flexibility index (Phi) is 2.96. The smallest absolute Gasteiger partial charge is 0.0465 e. The third-order valence-corrected chi connectivity index (χ3v) is 3.15. The fourth-order valence-corrected chi connectivity index (χ4v) is 2.23. The minimum Gasteiger partial charge on any atom is -0.355 e. The van der Waals surface area contributed by atoms with Crippen molar-refractivity contribution < 1.29 is 0 Å². The van der Waals surface area contributed by atoms with E-state index in [4.69, 9.17) is 11.6 Å². The summed E-state index contributed by atoms with van der Waals surface area (Å²) in [6.07, 6.45) is 0.730. The summed E-state index contributed by atoms with van der Waals surface area (Å²) >= 11 is 5.62. The van der Waals surface area contributed by atoms with Gasteiger partial charge in [-0.05, 0) is 24.3 Å². The van der Waals surface area contributed by atoms with Crippen molar-refractivity contribution in [3.05, 3.63) is 48.0 Å². The molecule has 0 amide bonds. The highest BCUT2D eigenvalue weighted by molar-refractivity contribution is 6.18. The van der Waals surface area contributed by atoms with Crippen LogP contribution in [0.2, 0.25) is 0 Å². The summed E-state index contributed by atoms with van der Waals surface area (Å²) in [5, 5.41) is 2.47. The van der Waals surface area contributed by atoms with Gasteiger partial charge in [0.05, 0.1) is 0 Å². The highest BCUT2D eigenvalue weighted by Crippen LogP contribution is 2.25. The summed E-state index contributed by atoms with van der Waals surface area (Å²) in [4.78, 5) is 3.40. The van der Waals surface area contributed by atoms with E-state index in [1.165, 1.54) is 16.3 Å². The van der Waals surface area contributed by atoms with Crippen LogP contribution in [0.1, 0.15) is 12.0 Å². The maximum Gasteiger partial charge on any atom is 0.0465 e. The summed E-state index contributed by atoms with van der Waals surface area (Å²) in [6.45, 7) is 0. The molecule has 2 heteroatoms. The second-order valence-corrected chi connectivity index (χ2v) is 4.55. The molecule has 0 bridgehead atoms. The molecule has 0 aliphatic rings. The largest absolute Gasteiger partial charge is 0.355 e. The number of benzene rings is 2. The van der Waals surface area contributed by atoms with Crippen molar-refractivity contribution in [2.75, 3.05) is 5.88 Å². The molecule has 0 aliphatic carbocycles. The van der Waals surface area contributed by atoms with Gasteiger partial charge in [0.25, 0.3) is 0 Å². The van der Waals surface area contributed by atoms with Crippen molar-refractivity contribution in [3.8, 4) is 11.8 Å². The number of halogens is 1. The van der Waals surface area contributed by atoms with Gasteiger partial charge in [0.15, 0.2) is 0 Å². The maximum atomic E-state index is 5.62. The Balaban J connectivity index is 2.16. The second kappa shape index (κ2) is 4.76. The van der Waals surface area contributed by atoms with Crippen LogP contribution in [0, 0.1) is 11.8 Å². The first-order valence-corrected chi connectivity index (χ1v) is 6.47. The van der Waals surface area contributed by atoms with Gasteiger partial charge in [-0.15, -0.1) is 11.6 Å². The topological polar surface area (TPSA) is 15.8 Å². The standard InChI is InChI=1S/C16H12ClN/c17-10-4-3-5-12-8-9-16-14(11-12)13-6-1-2-7-15(13)18-16/h1-2,6-9,11,18H,4,10H2. The predicted molar refractivity (Wildman–Crippen MR) is 78.0 cm³/mol. The minimum atomic E-state index is 0.586. The van der Waals surface area contributed by atoms with E-state index in [1.54, 1.807) is 0 Å². The number of para-hydroxylation sites is 1. The molecule has 0 radical (unpaired) electrons. The lowest BCUT2D eigenvalue weighted by atomic mass is 10.1. The SMILES string of the molecule is ClCCC#Cc1ccc2[nH]c3ccccc3c2c1. The van der Waals surface area contributed by atoms with Crippen molar-refractivity contribution in [2.45, 2.75) is 6.42 Å². The van der Waals surface area contributed by atoms with E-state index in [0.29, 0.717) is 5.88 Å². The Morgan fingerprint density at radius 3 is 2.72 bits per heavy atom. The number of H-pyrrole nitrogens is 1. The predicted octanol–water partition coefficient (Wildman–Crippen LogP) is 4.30. The molecule has 18 heavy (non-hydrogen) atoms. The van der Waals surface area contributed by atoms with Crippen molar-refractivity contribution >= 4 is 33.4 Å². The van der Waals surface area contributed by atoms with Crippen LogP contribution in [0.15, 0.2) is 42.5 Å². The lowest BCUT2D eigenvalue weighted by Gasteiger charge is -1.93. The van der Waals surface area contributed by atoms with Crippen LogP contribution < -0.4 is 0 Å². The molecule has 3 rings (SSSR count). The Hall–Kier alpha value is -1.91. The number of alkyl halides is 1. The average Bonchev–Trinajstić information content (AvgIpc) is 2.77. The summed E-state index contributed by atoms with van der Waals surface area (Å²) in [6, 6.07) is 14.6. The highest BCUT2D eigenvalue weighted by atomic mass is 35.5. The van der Waals surface area contributed by atoms with Gasteiger partial charge in [0.2, 0.25) is 0 Å². The fourth-order valence-electron chi connectivity index (χ4n) is 2.14. The van der Waals surface area contributed by atoms with Crippen LogP contribution in [-0.2, 0) is 0 Å². The third-order valence-electron chi connectivity index (χ3n) is 2.96. The van der Waals surface area contributed by atoms with E-state index in [0.717, 1.165) is 17.5 Å². The van der Waals surface area contributed by atoms with Crippen molar-refractivity contribution in [1.82, 2.24) is 4.98 Å². The molecule has 1 aromatic heterocycles. The van der Waals surface area contributed by atoms with Crippen LogP contribution in [0.4, 0.5) is 0 Å². The molecule has 1 nitrogen and oxygen atoms in total. The molecule has 1 heterocycles. The summed E-state index contributed by atoms with van der Waals surface area (Å²) in [5.74, 6) is 6.79. The van der Waals surface area contributed by atoms with Gasteiger partial charge in [-0.3, -0.25) is 0 Å². The first-order chi connectivity index (χ1) is 8.88. The number of hydrogen-bond acceptors (Lipinski definition) is 0. The first kappa shape index (κ1) is 11.2. The second-order valence-electron chi connectivity index (χ2n) is 4.17. The van der Waals surface area contributed by atoms with E-state index in [9.17, 15) is 0 Å². The molecule has 0 aliphatic heterocycles. The van der Waals surface area contributed by atoms with E-state index in [1.807, 2.05) is 12.1 Å². The summed E-state index contributed by atoms with van der Waals surface area (Å²) < 4.78 is 0.